The molecule has 2 rings (SSSR count). The Hall–Kier alpha value is -3.22. The normalized spacial score (nSPS) is 10.1. The van der Waals surface area contributed by atoms with Crippen molar-refractivity contribution >= 4 is 23.2 Å². The highest BCUT2D eigenvalue weighted by atomic mass is 16.5. The first-order valence-electron chi connectivity index (χ1n) is 8.45. The highest BCUT2D eigenvalue weighted by molar-refractivity contribution is 6.06. The fraction of sp³-hybridized carbons (Fsp3) is 0.300. The second kappa shape index (κ2) is 8.93. The third-order valence-electron chi connectivity index (χ3n) is 4.10. The van der Waals surface area contributed by atoms with Crippen molar-refractivity contribution in [3.05, 3.63) is 41.5 Å². The van der Waals surface area contributed by atoms with Gasteiger partial charge >= 0.3 is 0 Å². The van der Waals surface area contributed by atoms with Crippen molar-refractivity contribution in [3.8, 4) is 17.2 Å². The van der Waals surface area contributed by atoms with E-state index in [-0.39, 0.29) is 11.8 Å². The smallest absolute Gasteiger partial charge is 0.255 e. The third kappa shape index (κ3) is 4.49. The van der Waals surface area contributed by atoms with Crippen molar-refractivity contribution in [2.75, 3.05) is 32.0 Å². The zero-order valence-electron chi connectivity index (χ0n) is 16.1. The summed E-state index contributed by atoms with van der Waals surface area (Å²) < 4.78 is 15.8. The van der Waals surface area contributed by atoms with Gasteiger partial charge in [-0.1, -0.05) is 13.0 Å². The molecule has 0 heterocycles. The van der Waals surface area contributed by atoms with E-state index in [1.54, 1.807) is 37.3 Å². The van der Waals surface area contributed by atoms with Crippen LogP contribution >= 0.6 is 0 Å². The second-order valence-electron chi connectivity index (χ2n) is 5.75. The van der Waals surface area contributed by atoms with Crippen LogP contribution in [-0.2, 0) is 4.79 Å². The molecular formula is C20H24N2O5. The first-order chi connectivity index (χ1) is 12.9. The largest absolute Gasteiger partial charge is 0.493 e. The van der Waals surface area contributed by atoms with E-state index in [4.69, 9.17) is 14.2 Å². The first kappa shape index (κ1) is 20.1. The van der Waals surface area contributed by atoms with E-state index in [1.807, 2.05) is 6.92 Å². The lowest BCUT2D eigenvalue weighted by atomic mass is 10.1. The van der Waals surface area contributed by atoms with E-state index in [1.165, 1.54) is 21.3 Å². The summed E-state index contributed by atoms with van der Waals surface area (Å²) in [5.41, 5.74) is 2.37. The van der Waals surface area contributed by atoms with E-state index in [2.05, 4.69) is 10.6 Å². The molecule has 0 saturated carbocycles. The number of hydrogen-bond donors (Lipinski definition) is 2. The van der Waals surface area contributed by atoms with E-state index in [9.17, 15) is 9.59 Å². The number of carbonyl (C=O) groups is 2. The van der Waals surface area contributed by atoms with Crippen LogP contribution in [0.1, 0.15) is 29.3 Å². The zero-order chi connectivity index (χ0) is 20.0. The molecule has 0 atom stereocenters. The van der Waals surface area contributed by atoms with Crippen LogP contribution in [0.5, 0.6) is 17.2 Å². The van der Waals surface area contributed by atoms with Crippen LogP contribution in [0.25, 0.3) is 0 Å². The van der Waals surface area contributed by atoms with E-state index in [0.29, 0.717) is 40.6 Å². The van der Waals surface area contributed by atoms with E-state index >= 15 is 0 Å². The Labute approximate surface area is 158 Å². The highest BCUT2D eigenvalue weighted by Crippen LogP contribution is 2.38. The fourth-order valence-corrected chi connectivity index (χ4v) is 2.55. The lowest BCUT2D eigenvalue weighted by Crippen LogP contribution is -2.15. The van der Waals surface area contributed by atoms with Gasteiger partial charge in [-0.3, -0.25) is 9.59 Å². The van der Waals surface area contributed by atoms with Crippen LogP contribution in [0.2, 0.25) is 0 Å². The molecule has 0 spiro atoms. The van der Waals surface area contributed by atoms with Crippen LogP contribution in [-0.4, -0.2) is 33.1 Å². The monoisotopic (exact) mass is 372 g/mol. The van der Waals surface area contributed by atoms with Crippen LogP contribution < -0.4 is 24.8 Å². The number of anilines is 2. The Morgan fingerprint density at radius 2 is 1.48 bits per heavy atom. The molecule has 0 aliphatic heterocycles. The van der Waals surface area contributed by atoms with Gasteiger partial charge in [0, 0.05) is 23.4 Å². The summed E-state index contributed by atoms with van der Waals surface area (Å²) in [6.07, 6.45) is 0.376. The molecule has 7 heteroatoms. The van der Waals surface area contributed by atoms with Gasteiger partial charge in [-0.05, 0) is 36.8 Å². The van der Waals surface area contributed by atoms with Crippen molar-refractivity contribution in [2.24, 2.45) is 0 Å². The Morgan fingerprint density at radius 1 is 0.926 bits per heavy atom. The van der Waals surface area contributed by atoms with Crippen LogP contribution in [0, 0.1) is 6.92 Å². The quantitative estimate of drug-likeness (QED) is 0.775. The molecule has 0 radical (unpaired) electrons. The summed E-state index contributed by atoms with van der Waals surface area (Å²) in [7, 11) is 4.48. The molecule has 144 valence electrons. The number of methoxy groups -OCH3 is 3. The van der Waals surface area contributed by atoms with Gasteiger partial charge in [0.1, 0.15) is 0 Å². The van der Waals surface area contributed by atoms with Crippen molar-refractivity contribution in [1.82, 2.24) is 0 Å². The summed E-state index contributed by atoms with van der Waals surface area (Å²) >= 11 is 0. The zero-order valence-corrected chi connectivity index (χ0v) is 16.1. The molecule has 2 N–H and O–H groups in total. The summed E-state index contributed by atoms with van der Waals surface area (Å²) in [5.74, 6) is 0.768. The van der Waals surface area contributed by atoms with Gasteiger partial charge in [-0.15, -0.1) is 0 Å². The molecule has 2 aromatic carbocycles. The van der Waals surface area contributed by atoms with E-state index in [0.717, 1.165) is 5.56 Å². The Bertz CT molecular complexity index is 823. The van der Waals surface area contributed by atoms with Crippen LogP contribution in [0.15, 0.2) is 30.3 Å². The molecule has 0 unspecified atom stereocenters. The summed E-state index contributed by atoms with van der Waals surface area (Å²) in [6, 6.07) is 8.48. The first-order valence-corrected chi connectivity index (χ1v) is 8.45. The minimum atomic E-state index is -0.337. The molecular weight excluding hydrogens is 348 g/mol. The number of ether oxygens (including phenoxy) is 3. The predicted octanol–water partition coefficient (Wildman–Crippen LogP) is 3.62. The molecule has 0 saturated heterocycles. The van der Waals surface area contributed by atoms with Crippen LogP contribution in [0.3, 0.4) is 0 Å². The summed E-state index contributed by atoms with van der Waals surface area (Å²) in [5, 5.41) is 5.67. The summed E-state index contributed by atoms with van der Waals surface area (Å²) in [6.45, 7) is 3.61. The lowest BCUT2D eigenvalue weighted by molar-refractivity contribution is -0.115. The predicted molar refractivity (Wildman–Crippen MR) is 104 cm³/mol. The molecule has 0 bridgehead atoms. The second-order valence-corrected chi connectivity index (χ2v) is 5.75. The van der Waals surface area contributed by atoms with Gasteiger partial charge in [0.05, 0.1) is 21.3 Å². The minimum Gasteiger partial charge on any atom is -0.493 e. The van der Waals surface area contributed by atoms with Gasteiger partial charge in [-0.2, -0.15) is 0 Å². The van der Waals surface area contributed by atoms with Gasteiger partial charge in [-0.25, -0.2) is 0 Å². The van der Waals surface area contributed by atoms with Gasteiger partial charge < -0.3 is 24.8 Å². The van der Waals surface area contributed by atoms with Crippen molar-refractivity contribution < 1.29 is 23.8 Å². The maximum absolute atomic E-state index is 12.7. The number of carbonyl (C=O) groups excluding carboxylic acids is 2. The summed E-state index contributed by atoms with van der Waals surface area (Å²) in [4.78, 5) is 24.4. The Balaban J connectivity index is 2.32. The van der Waals surface area contributed by atoms with Crippen molar-refractivity contribution in [3.63, 3.8) is 0 Å². The van der Waals surface area contributed by atoms with Crippen molar-refractivity contribution in [2.45, 2.75) is 20.3 Å². The highest BCUT2D eigenvalue weighted by Gasteiger charge is 2.18. The molecule has 27 heavy (non-hydrogen) atoms. The maximum Gasteiger partial charge on any atom is 0.255 e. The van der Waals surface area contributed by atoms with Gasteiger partial charge in [0.15, 0.2) is 11.5 Å². The molecule has 0 aliphatic rings. The molecule has 7 nitrogen and oxygen atoms in total. The number of nitrogens with one attached hydrogen (secondary N) is 2. The molecule has 2 amide bonds. The minimum absolute atomic E-state index is 0.0915. The molecule has 0 fully saturated rings. The average molecular weight is 372 g/mol. The molecule has 0 aromatic heterocycles. The van der Waals surface area contributed by atoms with Gasteiger partial charge in [0.25, 0.3) is 5.91 Å². The third-order valence-corrected chi connectivity index (χ3v) is 4.10. The Morgan fingerprint density at radius 3 is 1.96 bits per heavy atom. The number of benzene rings is 2. The number of rotatable bonds is 7. The van der Waals surface area contributed by atoms with E-state index < -0.39 is 0 Å². The fourth-order valence-electron chi connectivity index (χ4n) is 2.55. The van der Waals surface area contributed by atoms with Crippen LogP contribution in [0.4, 0.5) is 11.4 Å². The number of amides is 2. The maximum atomic E-state index is 12.7. The topological polar surface area (TPSA) is 85.9 Å². The Kier molecular flexibility index (Phi) is 6.65. The average Bonchev–Trinajstić information content (AvgIpc) is 2.69. The molecule has 2 aromatic rings. The number of hydrogen-bond acceptors (Lipinski definition) is 5. The lowest BCUT2D eigenvalue weighted by Gasteiger charge is -2.15. The molecule has 0 aliphatic carbocycles. The van der Waals surface area contributed by atoms with Gasteiger partial charge in [0.2, 0.25) is 11.7 Å². The van der Waals surface area contributed by atoms with Crippen molar-refractivity contribution in [1.29, 1.82) is 0 Å². The standard InChI is InChI=1S/C20H24N2O5/c1-6-18(23)21-14-8-7-9-15(12(14)2)22-20(24)13-10-16(25-3)19(27-5)17(11-13)26-4/h7-11H,6H2,1-5H3,(H,21,23)(H,22,24). The SMILES string of the molecule is CCC(=O)Nc1cccc(NC(=O)c2cc(OC)c(OC)c(OC)c2)c1C.